The summed E-state index contributed by atoms with van der Waals surface area (Å²) in [6.07, 6.45) is 1.54. The number of carbonyl (C=O) groups excluding carboxylic acids is 2. The van der Waals surface area contributed by atoms with Gasteiger partial charge in [-0.2, -0.15) is 5.10 Å². The number of aromatic nitrogens is 2. The van der Waals surface area contributed by atoms with Gasteiger partial charge < -0.3 is 15.0 Å². The van der Waals surface area contributed by atoms with Crippen LogP contribution in [-0.4, -0.2) is 40.4 Å². The van der Waals surface area contributed by atoms with Gasteiger partial charge in [-0.25, -0.2) is 10.4 Å². The molecule has 1 aromatic heterocycles. The monoisotopic (exact) mass is 585 g/mol. The molecule has 172 valence electrons. The molecule has 4 aromatic rings. The first-order chi connectivity index (χ1) is 16.5. The SMILES string of the molecule is O=C(CSc1nc2ccccc2[nH]1)N/N=C\c1ccc(OCC(=O)Nc2ccc(I)cc2)cc1. The molecule has 0 fully saturated rings. The van der Waals surface area contributed by atoms with Gasteiger partial charge in [-0.3, -0.25) is 9.59 Å². The Kier molecular flexibility index (Phi) is 8.15. The zero-order valence-electron chi connectivity index (χ0n) is 17.8. The molecule has 0 bridgehead atoms. The molecule has 0 radical (unpaired) electrons. The molecular weight excluding hydrogens is 565 g/mol. The zero-order valence-corrected chi connectivity index (χ0v) is 20.8. The minimum absolute atomic E-state index is 0.0988. The van der Waals surface area contributed by atoms with Crippen LogP contribution in [0.3, 0.4) is 0 Å². The van der Waals surface area contributed by atoms with Gasteiger partial charge in [0.05, 0.1) is 23.0 Å². The summed E-state index contributed by atoms with van der Waals surface area (Å²) in [5, 5.41) is 7.44. The molecule has 0 spiro atoms. The number of anilines is 1. The summed E-state index contributed by atoms with van der Waals surface area (Å²) in [6, 6.07) is 22.2. The van der Waals surface area contributed by atoms with Gasteiger partial charge in [-0.1, -0.05) is 23.9 Å². The molecule has 0 unspecified atom stereocenters. The summed E-state index contributed by atoms with van der Waals surface area (Å²) < 4.78 is 6.61. The summed E-state index contributed by atoms with van der Waals surface area (Å²) in [5.41, 5.74) is 5.80. The topological polar surface area (TPSA) is 108 Å². The van der Waals surface area contributed by atoms with Crippen LogP contribution in [-0.2, 0) is 9.59 Å². The zero-order chi connectivity index (χ0) is 23.8. The molecule has 4 rings (SSSR count). The molecule has 8 nitrogen and oxygen atoms in total. The molecule has 34 heavy (non-hydrogen) atoms. The number of rotatable bonds is 9. The number of hydrazone groups is 1. The molecule has 0 saturated heterocycles. The highest BCUT2D eigenvalue weighted by Crippen LogP contribution is 2.19. The lowest BCUT2D eigenvalue weighted by Gasteiger charge is -2.08. The molecule has 0 aliphatic heterocycles. The predicted molar refractivity (Wildman–Crippen MR) is 142 cm³/mol. The van der Waals surface area contributed by atoms with Crippen molar-refractivity contribution >= 4 is 69.1 Å². The van der Waals surface area contributed by atoms with Crippen molar-refractivity contribution in [3.05, 3.63) is 81.9 Å². The Morgan fingerprint density at radius 1 is 1.03 bits per heavy atom. The summed E-state index contributed by atoms with van der Waals surface area (Å²) in [6.45, 7) is -0.0988. The first-order valence-electron chi connectivity index (χ1n) is 10.2. The Labute approximate surface area is 213 Å². The highest BCUT2D eigenvalue weighted by molar-refractivity contribution is 14.1. The van der Waals surface area contributed by atoms with Crippen molar-refractivity contribution in [2.75, 3.05) is 17.7 Å². The van der Waals surface area contributed by atoms with Crippen LogP contribution < -0.4 is 15.5 Å². The summed E-state index contributed by atoms with van der Waals surface area (Å²) in [5.74, 6) is 0.269. The number of imidazole rings is 1. The van der Waals surface area contributed by atoms with Crippen molar-refractivity contribution < 1.29 is 14.3 Å². The lowest BCUT2D eigenvalue weighted by molar-refractivity contribution is -0.119. The molecule has 0 aliphatic carbocycles. The third-order valence-electron chi connectivity index (χ3n) is 4.49. The molecule has 10 heteroatoms. The summed E-state index contributed by atoms with van der Waals surface area (Å²) in [7, 11) is 0. The first kappa shape index (κ1) is 23.8. The number of amides is 2. The van der Waals surface area contributed by atoms with E-state index in [1.807, 2.05) is 48.5 Å². The van der Waals surface area contributed by atoms with Crippen LogP contribution in [0.15, 0.2) is 83.1 Å². The molecule has 3 aromatic carbocycles. The highest BCUT2D eigenvalue weighted by Gasteiger charge is 2.06. The maximum atomic E-state index is 12.0. The van der Waals surface area contributed by atoms with Gasteiger partial charge in [-0.15, -0.1) is 0 Å². The van der Waals surface area contributed by atoms with E-state index in [9.17, 15) is 9.59 Å². The normalized spacial score (nSPS) is 11.0. The number of nitrogens with one attached hydrogen (secondary N) is 3. The van der Waals surface area contributed by atoms with E-state index in [-0.39, 0.29) is 24.2 Å². The van der Waals surface area contributed by atoms with Crippen molar-refractivity contribution in [2.24, 2.45) is 5.10 Å². The number of aromatic amines is 1. The second-order valence-electron chi connectivity index (χ2n) is 7.05. The Hall–Kier alpha value is -3.38. The van der Waals surface area contributed by atoms with Crippen LogP contribution in [0.5, 0.6) is 5.75 Å². The van der Waals surface area contributed by atoms with Crippen LogP contribution >= 0.6 is 34.4 Å². The average molecular weight is 585 g/mol. The lowest BCUT2D eigenvalue weighted by atomic mass is 10.2. The number of nitrogens with zero attached hydrogens (tertiary/aromatic N) is 2. The van der Waals surface area contributed by atoms with Crippen LogP contribution in [0.4, 0.5) is 5.69 Å². The van der Waals surface area contributed by atoms with E-state index in [1.165, 1.54) is 18.0 Å². The number of benzene rings is 3. The van der Waals surface area contributed by atoms with E-state index in [4.69, 9.17) is 4.74 Å². The van der Waals surface area contributed by atoms with Crippen molar-refractivity contribution in [1.29, 1.82) is 0 Å². The van der Waals surface area contributed by atoms with E-state index >= 15 is 0 Å². The fourth-order valence-corrected chi connectivity index (χ4v) is 3.91. The second kappa shape index (κ2) is 11.7. The maximum absolute atomic E-state index is 12.0. The fourth-order valence-electron chi connectivity index (χ4n) is 2.87. The molecule has 0 atom stereocenters. The van der Waals surface area contributed by atoms with Crippen LogP contribution in [0.2, 0.25) is 0 Å². The average Bonchev–Trinajstić information content (AvgIpc) is 3.27. The van der Waals surface area contributed by atoms with Gasteiger partial charge >= 0.3 is 0 Å². The van der Waals surface area contributed by atoms with E-state index in [0.29, 0.717) is 10.9 Å². The second-order valence-corrected chi connectivity index (χ2v) is 9.26. The maximum Gasteiger partial charge on any atom is 0.262 e. The van der Waals surface area contributed by atoms with Crippen molar-refractivity contribution in [3.8, 4) is 5.75 Å². The van der Waals surface area contributed by atoms with Crippen molar-refractivity contribution in [1.82, 2.24) is 15.4 Å². The van der Waals surface area contributed by atoms with Gasteiger partial charge in [0.25, 0.3) is 11.8 Å². The van der Waals surface area contributed by atoms with Gasteiger partial charge in [0, 0.05) is 9.26 Å². The molecule has 3 N–H and O–H groups in total. The van der Waals surface area contributed by atoms with Crippen LogP contribution in [0, 0.1) is 3.57 Å². The van der Waals surface area contributed by atoms with Crippen molar-refractivity contribution in [3.63, 3.8) is 0 Å². The third kappa shape index (κ3) is 7.06. The van der Waals surface area contributed by atoms with E-state index in [2.05, 4.69) is 48.4 Å². The van der Waals surface area contributed by atoms with Gasteiger partial charge in [-0.05, 0) is 88.8 Å². The number of para-hydroxylation sites is 2. The molecule has 2 amide bonds. The number of halogens is 1. The van der Waals surface area contributed by atoms with Crippen LogP contribution in [0.1, 0.15) is 5.56 Å². The third-order valence-corrected chi connectivity index (χ3v) is 6.08. The number of ether oxygens (including phenoxy) is 1. The summed E-state index contributed by atoms with van der Waals surface area (Å²) in [4.78, 5) is 31.6. The number of H-pyrrole nitrogens is 1. The van der Waals surface area contributed by atoms with Crippen molar-refractivity contribution in [2.45, 2.75) is 5.16 Å². The van der Waals surface area contributed by atoms with Gasteiger partial charge in [0.2, 0.25) is 0 Å². The smallest absolute Gasteiger partial charge is 0.262 e. The predicted octanol–water partition coefficient (Wildman–Crippen LogP) is 4.43. The summed E-state index contributed by atoms with van der Waals surface area (Å²) >= 11 is 3.51. The number of hydrogen-bond donors (Lipinski definition) is 3. The number of fused-ring (bicyclic) bond motifs is 1. The standard InChI is InChI=1S/C24H20IN5O3S/c25-17-7-9-18(10-8-17)27-22(31)14-33-19-11-5-16(6-12-19)13-26-30-23(32)15-34-24-28-20-3-1-2-4-21(20)29-24/h1-13H,14-15H2,(H,27,31)(H,28,29)(H,30,32)/b26-13-. The number of carbonyl (C=O) groups is 2. The molecule has 0 aliphatic rings. The Bertz CT molecular complexity index is 1270. The number of hydrogen-bond acceptors (Lipinski definition) is 6. The first-order valence-corrected chi connectivity index (χ1v) is 12.3. The Morgan fingerprint density at radius 3 is 2.56 bits per heavy atom. The Morgan fingerprint density at radius 2 is 1.79 bits per heavy atom. The molecule has 1 heterocycles. The Balaban J connectivity index is 1.18. The quantitative estimate of drug-likeness (QED) is 0.117. The molecular formula is C24H20IN5O3S. The van der Waals surface area contributed by atoms with E-state index < -0.39 is 0 Å². The number of thioether (sulfide) groups is 1. The van der Waals surface area contributed by atoms with Gasteiger partial charge in [0.15, 0.2) is 11.8 Å². The van der Waals surface area contributed by atoms with E-state index in [1.54, 1.807) is 24.3 Å². The van der Waals surface area contributed by atoms with Gasteiger partial charge in [0.1, 0.15) is 5.75 Å². The minimum Gasteiger partial charge on any atom is -0.484 e. The highest BCUT2D eigenvalue weighted by atomic mass is 127. The molecule has 0 saturated carbocycles. The minimum atomic E-state index is -0.241. The largest absolute Gasteiger partial charge is 0.484 e. The lowest BCUT2D eigenvalue weighted by Crippen LogP contribution is -2.20. The van der Waals surface area contributed by atoms with Crippen LogP contribution in [0.25, 0.3) is 11.0 Å². The fraction of sp³-hybridized carbons (Fsp3) is 0.0833. The van der Waals surface area contributed by atoms with E-state index in [0.717, 1.165) is 25.9 Å².